The van der Waals surface area contributed by atoms with Crippen LogP contribution in [0.2, 0.25) is 0 Å². The zero-order valence-electron chi connectivity index (χ0n) is 11.1. The molecule has 4 nitrogen and oxygen atoms in total. The van der Waals surface area contributed by atoms with E-state index in [1.54, 1.807) is 31.4 Å². The van der Waals surface area contributed by atoms with Crippen LogP contribution in [0, 0.1) is 0 Å². The molecule has 0 bridgehead atoms. The molecular formula is C16H15NO3. The zero-order chi connectivity index (χ0) is 14.4. The molecule has 2 rings (SSSR count). The third-order valence-electron chi connectivity index (χ3n) is 2.83. The minimum absolute atomic E-state index is 0.114. The van der Waals surface area contributed by atoms with Gasteiger partial charge in [0.1, 0.15) is 12.0 Å². The maximum Gasteiger partial charge on any atom is 0.228 e. The molecule has 0 aliphatic carbocycles. The second-order valence-corrected chi connectivity index (χ2v) is 4.32. The van der Waals surface area contributed by atoms with E-state index in [1.807, 2.05) is 24.3 Å². The molecule has 20 heavy (non-hydrogen) atoms. The fourth-order valence-corrected chi connectivity index (χ4v) is 1.82. The van der Waals surface area contributed by atoms with E-state index in [-0.39, 0.29) is 12.3 Å². The fourth-order valence-electron chi connectivity index (χ4n) is 1.82. The number of carbonyl (C=O) groups excluding carboxylic acids is 2. The first-order valence-corrected chi connectivity index (χ1v) is 6.19. The van der Waals surface area contributed by atoms with Crippen LogP contribution >= 0.6 is 0 Å². The van der Waals surface area contributed by atoms with E-state index in [1.165, 1.54) is 0 Å². The number of hydrogen-bond donors (Lipinski definition) is 1. The summed E-state index contributed by atoms with van der Waals surface area (Å²) in [5.41, 5.74) is 2.13. The van der Waals surface area contributed by atoms with Crippen molar-refractivity contribution in [1.29, 1.82) is 0 Å². The van der Waals surface area contributed by atoms with E-state index in [9.17, 15) is 9.59 Å². The lowest BCUT2D eigenvalue weighted by Gasteiger charge is -2.06. The highest BCUT2D eigenvalue weighted by molar-refractivity contribution is 5.92. The van der Waals surface area contributed by atoms with Crippen molar-refractivity contribution in [3.05, 3.63) is 59.7 Å². The Hall–Kier alpha value is -2.62. The molecule has 0 aliphatic heterocycles. The van der Waals surface area contributed by atoms with Gasteiger partial charge in [0, 0.05) is 11.3 Å². The van der Waals surface area contributed by atoms with Crippen molar-refractivity contribution in [2.45, 2.75) is 6.42 Å². The van der Waals surface area contributed by atoms with Gasteiger partial charge in [-0.3, -0.25) is 9.59 Å². The van der Waals surface area contributed by atoms with Gasteiger partial charge < -0.3 is 10.1 Å². The SMILES string of the molecule is COc1cccc(CC(=O)Nc2ccc(C=O)cc2)c1. The highest BCUT2D eigenvalue weighted by atomic mass is 16.5. The van der Waals surface area contributed by atoms with Crippen LogP contribution in [-0.2, 0) is 11.2 Å². The Kier molecular flexibility index (Phi) is 4.50. The maximum absolute atomic E-state index is 11.9. The van der Waals surface area contributed by atoms with Crippen molar-refractivity contribution < 1.29 is 14.3 Å². The number of ether oxygens (including phenoxy) is 1. The molecule has 0 heterocycles. The average Bonchev–Trinajstić information content (AvgIpc) is 2.48. The summed E-state index contributed by atoms with van der Waals surface area (Å²) in [6.07, 6.45) is 1.04. The van der Waals surface area contributed by atoms with Crippen molar-refractivity contribution in [1.82, 2.24) is 0 Å². The molecule has 102 valence electrons. The maximum atomic E-state index is 11.9. The number of nitrogens with one attached hydrogen (secondary N) is 1. The summed E-state index contributed by atoms with van der Waals surface area (Å²) < 4.78 is 5.12. The normalized spacial score (nSPS) is 9.85. The van der Waals surface area contributed by atoms with Crippen LogP contribution < -0.4 is 10.1 Å². The van der Waals surface area contributed by atoms with Gasteiger partial charge in [0.2, 0.25) is 5.91 Å². The Balaban J connectivity index is 1.98. The Morgan fingerprint density at radius 3 is 2.60 bits per heavy atom. The first kappa shape index (κ1) is 13.8. The van der Waals surface area contributed by atoms with Gasteiger partial charge in [-0.25, -0.2) is 0 Å². The van der Waals surface area contributed by atoms with Crippen LogP contribution in [0.4, 0.5) is 5.69 Å². The van der Waals surface area contributed by atoms with Crippen molar-refractivity contribution >= 4 is 17.9 Å². The number of methoxy groups -OCH3 is 1. The van der Waals surface area contributed by atoms with Crippen LogP contribution in [0.5, 0.6) is 5.75 Å². The third kappa shape index (κ3) is 3.68. The molecule has 2 aromatic rings. The quantitative estimate of drug-likeness (QED) is 0.849. The van der Waals surface area contributed by atoms with Crippen molar-refractivity contribution in [3.8, 4) is 5.75 Å². The van der Waals surface area contributed by atoms with Crippen molar-refractivity contribution in [2.75, 3.05) is 12.4 Å². The van der Waals surface area contributed by atoms with E-state index >= 15 is 0 Å². The molecule has 4 heteroatoms. The number of carbonyl (C=O) groups is 2. The molecule has 0 aliphatic rings. The summed E-state index contributed by atoms with van der Waals surface area (Å²) in [6, 6.07) is 14.1. The molecule has 1 N–H and O–H groups in total. The molecule has 1 amide bonds. The first-order chi connectivity index (χ1) is 9.71. The van der Waals surface area contributed by atoms with Gasteiger partial charge in [-0.05, 0) is 42.0 Å². The summed E-state index contributed by atoms with van der Waals surface area (Å²) in [4.78, 5) is 22.5. The summed E-state index contributed by atoms with van der Waals surface area (Å²) in [7, 11) is 1.59. The smallest absolute Gasteiger partial charge is 0.228 e. The molecule has 0 spiro atoms. The fraction of sp³-hybridized carbons (Fsp3) is 0.125. The van der Waals surface area contributed by atoms with Gasteiger partial charge >= 0.3 is 0 Å². The van der Waals surface area contributed by atoms with Crippen LogP contribution in [0.25, 0.3) is 0 Å². The van der Waals surface area contributed by atoms with Gasteiger partial charge in [0.25, 0.3) is 0 Å². The van der Waals surface area contributed by atoms with Gasteiger partial charge in [-0.1, -0.05) is 12.1 Å². The summed E-state index contributed by atoms with van der Waals surface area (Å²) in [5, 5.41) is 2.78. The number of rotatable bonds is 5. The van der Waals surface area contributed by atoms with Crippen LogP contribution in [0.15, 0.2) is 48.5 Å². The molecular weight excluding hydrogens is 254 g/mol. The second kappa shape index (κ2) is 6.52. The molecule has 0 saturated carbocycles. The van der Waals surface area contributed by atoms with E-state index in [0.29, 0.717) is 11.3 Å². The topological polar surface area (TPSA) is 55.4 Å². The highest BCUT2D eigenvalue weighted by Crippen LogP contribution is 2.14. The van der Waals surface area contributed by atoms with Gasteiger partial charge in [-0.2, -0.15) is 0 Å². The molecule has 0 atom stereocenters. The van der Waals surface area contributed by atoms with E-state index < -0.39 is 0 Å². The van der Waals surface area contributed by atoms with E-state index in [4.69, 9.17) is 4.74 Å². The summed E-state index contributed by atoms with van der Waals surface area (Å²) >= 11 is 0. The first-order valence-electron chi connectivity index (χ1n) is 6.19. The monoisotopic (exact) mass is 269 g/mol. The molecule has 0 saturated heterocycles. The lowest BCUT2D eigenvalue weighted by molar-refractivity contribution is -0.115. The lowest BCUT2D eigenvalue weighted by atomic mass is 10.1. The van der Waals surface area contributed by atoms with Crippen LogP contribution in [-0.4, -0.2) is 19.3 Å². The van der Waals surface area contributed by atoms with E-state index in [2.05, 4.69) is 5.32 Å². The standard InChI is InChI=1S/C16H15NO3/c1-20-15-4-2-3-13(9-15)10-16(19)17-14-7-5-12(11-18)6-8-14/h2-9,11H,10H2,1H3,(H,17,19). The van der Waals surface area contributed by atoms with Crippen LogP contribution in [0.1, 0.15) is 15.9 Å². The Morgan fingerprint density at radius 1 is 1.20 bits per heavy atom. The average molecular weight is 269 g/mol. The number of amides is 1. The van der Waals surface area contributed by atoms with Gasteiger partial charge in [0.15, 0.2) is 0 Å². The Morgan fingerprint density at radius 2 is 1.95 bits per heavy atom. The zero-order valence-corrected chi connectivity index (χ0v) is 11.1. The predicted octanol–water partition coefficient (Wildman–Crippen LogP) is 2.69. The van der Waals surface area contributed by atoms with Crippen LogP contribution in [0.3, 0.4) is 0 Å². The van der Waals surface area contributed by atoms with Gasteiger partial charge in [0.05, 0.1) is 13.5 Å². The third-order valence-corrected chi connectivity index (χ3v) is 2.83. The molecule has 2 aromatic carbocycles. The molecule has 0 radical (unpaired) electrons. The second-order valence-electron chi connectivity index (χ2n) is 4.32. The van der Waals surface area contributed by atoms with Crippen molar-refractivity contribution in [3.63, 3.8) is 0 Å². The van der Waals surface area contributed by atoms with Gasteiger partial charge in [-0.15, -0.1) is 0 Å². The number of benzene rings is 2. The highest BCUT2D eigenvalue weighted by Gasteiger charge is 2.05. The van der Waals surface area contributed by atoms with E-state index in [0.717, 1.165) is 17.6 Å². The number of hydrogen-bond acceptors (Lipinski definition) is 3. The molecule has 0 aromatic heterocycles. The largest absolute Gasteiger partial charge is 0.497 e. The Bertz CT molecular complexity index is 605. The summed E-state index contributed by atoms with van der Waals surface area (Å²) in [6.45, 7) is 0. The molecule has 0 fully saturated rings. The number of aldehydes is 1. The minimum Gasteiger partial charge on any atom is -0.497 e. The summed E-state index contributed by atoms with van der Waals surface area (Å²) in [5.74, 6) is 0.614. The van der Waals surface area contributed by atoms with Crippen molar-refractivity contribution in [2.24, 2.45) is 0 Å². The lowest BCUT2D eigenvalue weighted by Crippen LogP contribution is -2.14. The molecule has 0 unspecified atom stereocenters. The predicted molar refractivity (Wildman–Crippen MR) is 77.2 cm³/mol. The number of anilines is 1. The Labute approximate surface area is 117 Å². The minimum atomic E-state index is -0.114.